The third kappa shape index (κ3) is 1.72. The number of halogens is 1. The van der Waals surface area contributed by atoms with E-state index in [4.69, 9.17) is 0 Å². The average Bonchev–Trinajstić information content (AvgIpc) is 2.96. The standard InChI is InChI=1S/C9H5IN6O2/c10-8-3-13-15-4-6(1-11-9(8)15)14-5-7(2-12-14)16(17)18/h1-5H. The number of hydrogen-bond donors (Lipinski definition) is 0. The Bertz CT molecular complexity index is 748. The van der Waals surface area contributed by atoms with Crippen LogP contribution in [0.3, 0.4) is 0 Å². The SMILES string of the molecule is O=[N+]([O-])c1cnn(-c2cnc3c(I)cnn3c2)c1. The third-order valence-electron chi connectivity index (χ3n) is 2.34. The monoisotopic (exact) mass is 356 g/mol. The van der Waals surface area contributed by atoms with E-state index in [2.05, 4.69) is 37.8 Å². The highest BCUT2D eigenvalue weighted by atomic mass is 127. The smallest absolute Gasteiger partial charge is 0.258 e. The van der Waals surface area contributed by atoms with Crippen LogP contribution in [0.5, 0.6) is 0 Å². The summed E-state index contributed by atoms with van der Waals surface area (Å²) in [7, 11) is 0. The fourth-order valence-corrected chi connectivity index (χ4v) is 2.01. The molecule has 0 amide bonds. The van der Waals surface area contributed by atoms with E-state index in [0.29, 0.717) is 5.69 Å². The van der Waals surface area contributed by atoms with E-state index in [0.717, 1.165) is 9.22 Å². The lowest BCUT2D eigenvalue weighted by Crippen LogP contribution is -1.99. The maximum Gasteiger partial charge on any atom is 0.307 e. The summed E-state index contributed by atoms with van der Waals surface area (Å²) < 4.78 is 3.93. The predicted molar refractivity (Wildman–Crippen MR) is 69.5 cm³/mol. The Morgan fingerprint density at radius 2 is 2.06 bits per heavy atom. The zero-order valence-corrected chi connectivity index (χ0v) is 10.9. The summed E-state index contributed by atoms with van der Waals surface area (Å²) in [5.74, 6) is 0. The molecule has 0 fully saturated rings. The van der Waals surface area contributed by atoms with Crippen LogP contribution in [0.1, 0.15) is 0 Å². The lowest BCUT2D eigenvalue weighted by Gasteiger charge is -2.00. The Labute approximate surface area is 114 Å². The fraction of sp³-hybridized carbons (Fsp3) is 0. The van der Waals surface area contributed by atoms with Gasteiger partial charge in [0.25, 0.3) is 0 Å². The molecule has 3 rings (SSSR count). The summed E-state index contributed by atoms with van der Waals surface area (Å²) in [6, 6.07) is 0. The first-order valence-corrected chi connectivity index (χ1v) is 5.91. The van der Waals surface area contributed by atoms with Gasteiger partial charge in [0.1, 0.15) is 18.1 Å². The Morgan fingerprint density at radius 1 is 1.22 bits per heavy atom. The second kappa shape index (κ2) is 4.01. The van der Waals surface area contributed by atoms with Crippen molar-refractivity contribution in [1.82, 2.24) is 24.4 Å². The van der Waals surface area contributed by atoms with E-state index in [9.17, 15) is 10.1 Å². The Balaban J connectivity index is 2.10. The molecule has 0 aliphatic carbocycles. The first-order valence-electron chi connectivity index (χ1n) is 4.83. The lowest BCUT2D eigenvalue weighted by atomic mass is 10.5. The van der Waals surface area contributed by atoms with Crippen molar-refractivity contribution in [3.05, 3.63) is 44.7 Å². The molecule has 0 spiro atoms. The number of nitrogens with zero attached hydrogens (tertiary/aromatic N) is 6. The second-order valence-corrected chi connectivity index (χ2v) is 4.64. The number of fused-ring (bicyclic) bond motifs is 1. The van der Waals surface area contributed by atoms with Crippen molar-refractivity contribution in [1.29, 1.82) is 0 Å². The van der Waals surface area contributed by atoms with Gasteiger partial charge in [-0.05, 0) is 22.6 Å². The molecule has 0 saturated heterocycles. The van der Waals surface area contributed by atoms with Crippen LogP contribution in [0.4, 0.5) is 5.69 Å². The summed E-state index contributed by atoms with van der Waals surface area (Å²) >= 11 is 2.13. The van der Waals surface area contributed by atoms with Crippen molar-refractivity contribution in [2.75, 3.05) is 0 Å². The summed E-state index contributed by atoms with van der Waals surface area (Å²) in [5.41, 5.74) is 1.28. The molecule has 0 unspecified atom stereocenters. The highest BCUT2D eigenvalue weighted by Gasteiger charge is 2.11. The van der Waals surface area contributed by atoms with Crippen molar-refractivity contribution in [3.63, 3.8) is 0 Å². The van der Waals surface area contributed by atoms with E-state index >= 15 is 0 Å². The molecule has 0 aromatic carbocycles. The molecule has 90 valence electrons. The van der Waals surface area contributed by atoms with Crippen molar-refractivity contribution >= 4 is 33.9 Å². The van der Waals surface area contributed by atoms with Gasteiger partial charge in [0.15, 0.2) is 5.65 Å². The minimum absolute atomic E-state index is 0.0647. The zero-order chi connectivity index (χ0) is 12.7. The van der Waals surface area contributed by atoms with Crippen LogP contribution in [-0.2, 0) is 0 Å². The minimum Gasteiger partial charge on any atom is -0.258 e. The highest BCUT2D eigenvalue weighted by Crippen LogP contribution is 2.15. The molecular weight excluding hydrogens is 351 g/mol. The van der Waals surface area contributed by atoms with Gasteiger partial charge in [0.05, 0.1) is 27.1 Å². The van der Waals surface area contributed by atoms with E-state index in [1.807, 2.05) is 0 Å². The van der Waals surface area contributed by atoms with Gasteiger partial charge in [-0.3, -0.25) is 10.1 Å². The van der Waals surface area contributed by atoms with E-state index in [1.165, 1.54) is 17.1 Å². The quantitative estimate of drug-likeness (QED) is 0.394. The highest BCUT2D eigenvalue weighted by molar-refractivity contribution is 14.1. The molecule has 18 heavy (non-hydrogen) atoms. The summed E-state index contributed by atoms with van der Waals surface area (Å²) in [5, 5.41) is 18.6. The Kier molecular flexibility index (Phi) is 2.47. The molecule has 8 nitrogen and oxygen atoms in total. The normalized spacial score (nSPS) is 10.9. The fourth-order valence-electron chi connectivity index (χ4n) is 1.50. The van der Waals surface area contributed by atoms with Crippen LogP contribution in [0.15, 0.2) is 31.0 Å². The van der Waals surface area contributed by atoms with E-state index in [-0.39, 0.29) is 5.69 Å². The number of rotatable bonds is 2. The third-order valence-corrected chi connectivity index (χ3v) is 3.11. The van der Waals surface area contributed by atoms with Crippen LogP contribution in [-0.4, -0.2) is 29.3 Å². The van der Waals surface area contributed by atoms with Crippen LogP contribution in [0, 0.1) is 13.7 Å². The topological polar surface area (TPSA) is 91.1 Å². The number of aromatic nitrogens is 5. The summed E-state index contributed by atoms with van der Waals surface area (Å²) in [6.45, 7) is 0. The van der Waals surface area contributed by atoms with Gasteiger partial charge >= 0.3 is 5.69 Å². The summed E-state index contributed by atoms with van der Waals surface area (Å²) in [6.07, 6.45) is 7.52. The number of hydrogen-bond acceptors (Lipinski definition) is 5. The van der Waals surface area contributed by atoms with E-state index in [1.54, 1.807) is 23.1 Å². The predicted octanol–water partition coefficient (Wildman–Crippen LogP) is 1.43. The molecule has 0 aliphatic rings. The first-order chi connectivity index (χ1) is 8.65. The van der Waals surface area contributed by atoms with Crippen LogP contribution in [0.25, 0.3) is 11.3 Å². The van der Waals surface area contributed by atoms with Gasteiger partial charge in [-0.2, -0.15) is 10.2 Å². The van der Waals surface area contributed by atoms with Crippen LogP contribution in [0.2, 0.25) is 0 Å². The average molecular weight is 356 g/mol. The maximum absolute atomic E-state index is 10.6. The molecule has 0 N–H and O–H groups in total. The Hall–Kier alpha value is -2.04. The number of nitro groups is 1. The molecular formula is C9H5IN6O2. The first kappa shape index (κ1) is 11.1. The van der Waals surface area contributed by atoms with Gasteiger partial charge < -0.3 is 0 Å². The van der Waals surface area contributed by atoms with Crippen molar-refractivity contribution in [2.45, 2.75) is 0 Å². The molecule has 9 heteroatoms. The minimum atomic E-state index is -0.494. The molecule has 0 saturated carbocycles. The largest absolute Gasteiger partial charge is 0.307 e. The van der Waals surface area contributed by atoms with Crippen LogP contribution < -0.4 is 0 Å². The molecule has 3 heterocycles. The van der Waals surface area contributed by atoms with Crippen molar-refractivity contribution in [2.24, 2.45) is 0 Å². The van der Waals surface area contributed by atoms with Gasteiger partial charge in [0.2, 0.25) is 0 Å². The second-order valence-electron chi connectivity index (χ2n) is 3.47. The van der Waals surface area contributed by atoms with Crippen LogP contribution >= 0.6 is 22.6 Å². The van der Waals surface area contributed by atoms with Gasteiger partial charge in [-0.1, -0.05) is 0 Å². The van der Waals surface area contributed by atoms with E-state index < -0.39 is 4.92 Å². The Morgan fingerprint density at radius 3 is 2.78 bits per heavy atom. The van der Waals surface area contributed by atoms with Crippen molar-refractivity contribution < 1.29 is 4.92 Å². The molecule has 3 aromatic heterocycles. The molecule has 0 bridgehead atoms. The maximum atomic E-state index is 10.6. The van der Waals surface area contributed by atoms with Gasteiger partial charge in [-0.15, -0.1) is 0 Å². The molecule has 0 atom stereocenters. The van der Waals surface area contributed by atoms with Gasteiger partial charge in [-0.25, -0.2) is 14.2 Å². The zero-order valence-electron chi connectivity index (χ0n) is 8.76. The van der Waals surface area contributed by atoms with Crippen molar-refractivity contribution in [3.8, 4) is 5.69 Å². The molecule has 0 radical (unpaired) electrons. The van der Waals surface area contributed by atoms with Gasteiger partial charge in [0, 0.05) is 0 Å². The lowest BCUT2D eigenvalue weighted by molar-refractivity contribution is -0.384. The summed E-state index contributed by atoms with van der Waals surface area (Å²) in [4.78, 5) is 14.3. The molecule has 0 aliphatic heterocycles. The molecule has 3 aromatic rings.